The zero-order valence-corrected chi connectivity index (χ0v) is 13.5. The lowest BCUT2D eigenvalue weighted by Crippen LogP contribution is -2.39. The Labute approximate surface area is 127 Å². The maximum Gasteiger partial charge on any atom is 0.0455 e. The van der Waals surface area contributed by atoms with Crippen LogP contribution in [-0.4, -0.2) is 30.6 Å². The second kappa shape index (κ2) is 7.14. The Bertz CT molecular complexity index is 470. The number of hydrogen-bond acceptors (Lipinski definition) is 2. The SMILES string of the molecule is CC(C)=CCN1CCC(Nc2ccc(C)c(Cl)c2)CC1. The Morgan fingerprint density at radius 1 is 1.35 bits per heavy atom. The topological polar surface area (TPSA) is 15.3 Å². The van der Waals surface area contributed by atoms with E-state index >= 15 is 0 Å². The van der Waals surface area contributed by atoms with E-state index in [1.165, 1.54) is 31.5 Å². The molecule has 1 aliphatic rings. The third kappa shape index (κ3) is 4.53. The van der Waals surface area contributed by atoms with Crippen LogP contribution in [-0.2, 0) is 0 Å². The maximum atomic E-state index is 6.17. The number of rotatable bonds is 4. The smallest absolute Gasteiger partial charge is 0.0455 e. The van der Waals surface area contributed by atoms with E-state index in [1.54, 1.807) is 0 Å². The zero-order valence-electron chi connectivity index (χ0n) is 12.7. The molecular formula is C17H25ClN2. The van der Waals surface area contributed by atoms with Crippen LogP contribution < -0.4 is 5.32 Å². The Morgan fingerprint density at radius 3 is 2.65 bits per heavy atom. The van der Waals surface area contributed by atoms with Crippen molar-refractivity contribution in [3.63, 3.8) is 0 Å². The summed E-state index contributed by atoms with van der Waals surface area (Å²) in [4.78, 5) is 2.52. The van der Waals surface area contributed by atoms with Crippen molar-refractivity contribution < 1.29 is 0 Å². The monoisotopic (exact) mass is 292 g/mol. The number of piperidine rings is 1. The minimum Gasteiger partial charge on any atom is -0.382 e. The van der Waals surface area contributed by atoms with Gasteiger partial charge in [0.15, 0.2) is 0 Å². The second-order valence-electron chi connectivity index (χ2n) is 5.96. The summed E-state index contributed by atoms with van der Waals surface area (Å²) in [6.45, 7) is 9.78. The highest BCUT2D eigenvalue weighted by atomic mass is 35.5. The first-order chi connectivity index (χ1) is 9.54. The molecule has 0 unspecified atom stereocenters. The molecule has 0 radical (unpaired) electrons. The summed E-state index contributed by atoms with van der Waals surface area (Å²) in [5, 5.41) is 4.45. The molecule has 0 aliphatic carbocycles. The number of benzene rings is 1. The molecule has 0 amide bonds. The minimum atomic E-state index is 0.566. The van der Waals surface area contributed by atoms with E-state index in [2.05, 4.69) is 42.3 Å². The molecule has 1 aromatic rings. The van der Waals surface area contributed by atoms with E-state index in [0.717, 1.165) is 22.8 Å². The van der Waals surface area contributed by atoms with E-state index in [1.807, 2.05) is 13.0 Å². The van der Waals surface area contributed by atoms with E-state index in [0.29, 0.717) is 6.04 Å². The molecule has 3 heteroatoms. The van der Waals surface area contributed by atoms with Crippen molar-refractivity contribution in [3.05, 3.63) is 40.4 Å². The number of nitrogens with zero attached hydrogens (tertiary/aromatic N) is 1. The van der Waals surface area contributed by atoms with Crippen LogP contribution in [0.15, 0.2) is 29.8 Å². The number of nitrogens with one attached hydrogen (secondary N) is 1. The predicted molar refractivity (Wildman–Crippen MR) is 88.7 cm³/mol. The molecule has 1 heterocycles. The quantitative estimate of drug-likeness (QED) is 0.823. The lowest BCUT2D eigenvalue weighted by molar-refractivity contribution is 0.240. The van der Waals surface area contributed by atoms with Crippen LogP contribution in [0.4, 0.5) is 5.69 Å². The van der Waals surface area contributed by atoms with Crippen molar-refractivity contribution in [1.82, 2.24) is 4.90 Å². The van der Waals surface area contributed by atoms with Crippen LogP contribution in [0.1, 0.15) is 32.3 Å². The summed E-state index contributed by atoms with van der Waals surface area (Å²) in [7, 11) is 0. The Morgan fingerprint density at radius 2 is 2.05 bits per heavy atom. The van der Waals surface area contributed by atoms with E-state index in [9.17, 15) is 0 Å². The molecular weight excluding hydrogens is 268 g/mol. The molecule has 2 nitrogen and oxygen atoms in total. The predicted octanol–water partition coefficient (Wildman–Crippen LogP) is 4.49. The Balaban J connectivity index is 1.82. The van der Waals surface area contributed by atoms with Gasteiger partial charge in [-0.15, -0.1) is 0 Å². The fraction of sp³-hybridized carbons (Fsp3) is 0.529. The summed E-state index contributed by atoms with van der Waals surface area (Å²) >= 11 is 6.17. The van der Waals surface area contributed by atoms with Crippen LogP contribution in [0, 0.1) is 6.92 Å². The highest BCUT2D eigenvalue weighted by Gasteiger charge is 2.18. The second-order valence-corrected chi connectivity index (χ2v) is 6.37. The lowest BCUT2D eigenvalue weighted by Gasteiger charge is -2.32. The number of allylic oxidation sites excluding steroid dienone is 1. The standard InChI is InChI=1S/C17H25ClN2/c1-13(2)6-9-20-10-7-15(8-11-20)19-16-5-4-14(3)17(18)12-16/h4-6,12,15,19H,7-11H2,1-3H3. The van der Waals surface area contributed by atoms with Crippen LogP contribution in [0.25, 0.3) is 0 Å². The van der Waals surface area contributed by atoms with Gasteiger partial charge >= 0.3 is 0 Å². The summed E-state index contributed by atoms with van der Waals surface area (Å²) < 4.78 is 0. The van der Waals surface area contributed by atoms with Crippen molar-refractivity contribution in [2.75, 3.05) is 25.0 Å². The Hall–Kier alpha value is -0.990. The van der Waals surface area contributed by atoms with Crippen LogP contribution >= 0.6 is 11.6 Å². The van der Waals surface area contributed by atoms with Crippen molar-refractivity contribution in [3.8, 4) is 0 Å². The van der Waals surface area contributed by atoms with Crippen molar-refractivity contribution >= 4 is 17.3 Å². The normalized spacial score (nSPS) is 17.0. The summed E-state index contributed by atoms with van der Waals surface area (Å²) in [5.74, 6) is 0. The minimum absolute atomic E-state index is 0.566. The maximum absolute atomic E-state index is 6.17. The Kier molecular flexibility index (Phi) is 5.50. The van der Waals surface area contributed by atoms with Crippen molar-refractivity contribution in [2.24, 2.45) is 0 Å². The lowest BCUT2D eigenvalue weighted by atomic mass is 10.0. The average molecular weight is 293 g/mol. The van der Waals surface area contributed by atoms with Gasteiger partial charge in [-0.25, -0.2) is 0 Å². The van der Waals surface area contributed by atoms with Gasteiger partial charge in [0.1, 0.15) is 0 Å². The van der Waals surface area contributed by atoms with E-state index in [-0.39, 0.29) is 0 Å². The van der Waals surface area contributed by atoms with E-state index in [4.69, 9.17) is 11.6 Å². The van der Waals surface area contributed by atoms with Gasteiger partial charge in [-0.05, 0) is 51.3 Å². The van der Waals surface area contributed by atoms with Crippen LogP contribution in [0.5, 0.6) is 0 Å². The van der Waals surface area contributed by atoms with Gasteiger partial charge in [0.25, 0.3) is 0 Å². The number of halogens is 1. The third-order valence-electron chi connectivity index (χ3n) is 3.89. The molecule has 110 valence electrons. The van der Waals surface area contributed by atoms with Gasteiger partial charge in [0.2, 0.25) is 0 Å². The van der Waals surface area contributed by atoms with Gasteiger partial charge in [-0.1, -0.05) is 29.3 Å². The zero-order chi connectivity index (χ0) is 14.5. The van der Waals surface area contributed by atoms with Gasteiger partial charge in [0.05, 0.1) is 0 Å². The number of anilines is 1. The summed E-state index contributed by atoms with van der Waals surface area (Å²) in [5.41, 5.74) is 3.68. The molecule has 20 heavy (non-hydrogen) atoms. The molecule has 1 saturated heterocycles. The van der Waals surface area contributed by atoms with Gasteiger partial charge in [-0.3, -0.25) is 4.90 Å². The van der Waals surface area contributed by atoms with Gasteiger partial charge in [-0.2, -0.15) is 0 Å². The van der Waals surface area contributed by atoms with E-state index < -0.39 is 0 Å². The molecule has 0 spiro atoms. The van der Waals surface area contributed by atoms with Crippen LogP contribution in [0.2, 0.25) is 5.02 Å². The fourth-order valence-electron chi connectivity index (χ4n) is 2.49. The first kappa shape index (κ1) is 15.4. The molecule has 1 N–H and O–H groups in total. The van der Waals surface area contributed by atoms with Crippen LogP contribution in [0.3, 0.4) is 0 Å². The third-order valence-corrected chi connectivity index (χ3v) is 4.30. The first-order valence-corrected chi connectivity index (χ1v) is 7.81. The molecule has 0 aromatic heterocycles. The first-order valence-electron chi connectivity index (χ1n) is 7.43. The van der Waals surface area contributed by atoms with Gasteiger partial charge in [0, 0.05) is 36.4 Å². The highest BCUT2D eigenvalue weighted by molar-refractivity contribution is 6.31. The van der Waals surface area contributed by atoms with Gasteiger partial charge < -0.3 is 5.32 Å². The number of hydrogen-bond donors (Lipinski definition) is 1. The molecule has 1 aromatic carbocycles. The molecule has 1 fully saturated rings. The van der Waals surface area contributed by atoms with Crippen molar-refractivity contribution in [2.45, 2.75) is 39.7 Å². The van der Waals surface area contributed by atoms with Crippen molar-refractivity contribution in [1.29, 1.82) is 0 Å². The largest absolute Gasteiger partial charge is 0.382 e. The average Bonchev–Trinajstić information content (AvgIpc) is 2.42. The molecule has 0 saturated carbocycles. The molecule has 0 atom stereocenters. The fourth-order valence-corrected chi connectivity index (χ4v) is 2.67. The molecule has 2 rings (SSSR count). The number of aryl methyl sites for hydroxylation is 1. The number of likely N-dealkylation sites (tertiary alicyclic amines) is 1. The summed E-state index contributed by atoms with van der Waals surface area (Å²) in [6.07, 6.45) is 4.71. The molecule has 0 bridgehead atoms. The molecule has 1 aliphatic heterocycles. The highest BCUT2D eigenvalue weighted by Crippen LogP contribution is 2.22. The summed E-state index contributed by atoms with van der Waals surface area (Å²) in [6, 6.07) is 6.80.